The molecule has 0 spiro atoms. The fourth-order valence-electron chi connectivity index (χ4n) is 2.55. The van der Waals surface area contributed by atoms with Crippen LogP contribution in [0.3, 0.4) is 0 Å². The highest BCUT2D eigenvalue weighted by atomic mass is 79.9. The van der Waals surface area contributed by atoms with Crippen molar-refractivity contribution in [1.82, 2.24) is 5.32 Å². The van der Waals surface area contributed by atoms with Gasteiger partial charge in [0.05, 0.1) is 0 Å². The van der Waals surface area contributed by atoms with Gasteiger partial charge in [0.25, 0.3) is 0 Å². The van der Waals surface area contributed by atoms with Crippen molar-refractivity contribution in [2.75, 3.05) is 19.8 Å². The molecule has 1 N–H and O–H groups in total. The standard InChI is InChI=1S/C17H26BrNO2/c1-4-6-19-15(9-12(3)5-2)13-10-16-17(11-14(13)18)21-8-7-20-16/h10-12,15,19H,4-9H2,1-3H3. The molecule has 0 saturated heterocycles. The third kappa shape index (κ3) is 4.36. The van der Waals surface area contributed by atoms with E-state index in [9.17, 15) is 0 Å². The van der Waals surface area contributed by atoms with E-state index in [4.69, 9.17) is 9.47 Å². The molecule has 21 heavy (non-hydrogen) atoms. The average Bonchev–Trinajstić information content (AvgIpc) is 2.50. The molecule has 2 rings (SSSR count). The molecule has 2 atom stereocenters. The average molecular weight is 356 g/mol. The summed E-state index contributed by atoms with van der Waals surface area (Å²) in [4.78, 5) is 0. The topological polar surface area (TPSA) is 30.5 Å². The quantitative estimate of drug-likeness (QED) is 0.768. The van der Waals surface area contributed by atoms with Gasteiger partial charge in [0.1, 0.15) is 13.2 Å². The van der Waals surface area contributed by atoms with E-state index in [1.165, 1.54) is 12.0 Å². The predicted octanol–water partition coefficient (Wildman–Crippen LogP) is 4.70. The molecule has 0 bridgehead atoms. The lowest BCUT2D eigenvalue weighted by Crippen LogP contribution is -2.25. The Morgan fingerprint density at radius 1 is 1.19 bits per heavy atom. The SMILES string of the molecule is CCCNC(CC(C)CC)c1cc2c(cc1Br)OCCO2. The van der Waals surface area contributed by atoms with E-state index >= 15 is 0 Å². The molecule has 1 heterocycles. The summed E-state index contributed by atoms with van der Waals surface area (Å²) in [6.07, 6.45) is 3.47. The highest BCUT2D eigenvalue weighted by Crippen LogP contribution is 2.39. The summed E-state index contributed by atoms with van der Waals surface area (Å²) in [5, 5.41) is 3.67. The fraction of sp³-hybridized carbons (Fsp3) is 0.647. The van der Waals surface area contributed by atoms with Crippen LogP contribution in [0.4, 0.5) is 0 Å². The summed E-state index contributed by atoms with van der Waals surface area (Å²) in [7, 11) is 0. The number of nitrogens with one attached hydrogen (secondary N) is 1. The smallest absolute Gasteiger partial charge is 0.162 e. The Morgan fingerprint density at radius 2 is 1.86 bits per heavy atom. The van der Waals surface area contributed by atoms with Gasteiger partial charge in [-0.1, -0.05) is 43.1 Å². The molecule has 2 unspecified atom stereocenters. The number of halogens is 1. The third-order valence-corrected chi connectivity index (χ3v) is 4.70. The van der Waals surface area contributed by atoms with Crippen LogP contribution in [-0.4, -0.2) is 19.8 Å². The second kappa shape index (κ2) is 8.04. The Labute approximate surface area is 136 Å². The predicted molar refractivity (Wildman–Crippen MR) is 90.2 cm³/mol. The number of hydrogen-bond acceptors (Lipinski definition) is 3. The molecular weight excluding hydrogens is 330 g/mol. The van der Waals surface area contributed by atoms with Crippen LogP contribution < -0.4 is 14.8 Å². The highest BCUT2D eigenvalue weighted by Gasteiger charge is 2.21. The van der Waals surface area contributed by atoms with Crippen molar-refractivity contribution in [2.45, 2.75) is 46.1 Å². The van der Waals surface area contributed by atoms with Crippen molar-refractivity contribution in [1.29, 1.82) is 0 Å². The molecule has 0 saturated carbocycles. The molecule has 0 radical (unpaired) electrons. The molecule has 4 heteroatoms. The highest BCUT2D eigenvalue weighted by molar-refractivity contribution is 9.10. The van der Waals surface area contributed by atoms with Crippen molar-refractivity contribution in [3.05, 3.63) is 22.2 Å². The van der Waals surface area contributed by atoms with E-state index in [0.29, 0.717) is 25.2 Å². The summed E-state index contributed by atoms with van der Waals surface area (Å²) in [6.45, 7) is 9.05. The van der Waals surface area contributed by atoms with E-state index in [1.807, 2.05) is 6.07 Å². The molecular formula is C17H26BrNO2. The summed E-state index contributed by atoms with van der Waals surface area (Å²) >= 11 is 3.70. The van der Waals surface area contributed by atoms with Gasteiger partial charge in [-0.05, 0) is 43.0 Å². The third-order valence-electron chi connectivity index (χ3n) is 4.01. The van der Waals surface area contributed by atoms with E-state index < -0.39 is 0 Å². The van der Waals surface area contributed by atoms with Crippen LogP contribution in [-0.2, 0) is 0 Å². The van der Waals surface area contributed by atoms with Gasteiger partial charge < -0.3 is 14.8 Å². The summed E-state index contributed by atoms with van der Waals surface area (Å²) in [5.74, 6) is 2.40. The van der Waals surface area contributed by atoms with Crippen molar-refractivity contribution in [3.8, 4) is 11.5 Å². The van der Waals surface area contributed by atoms with Gasteiger partial charge in [-0.25, -0.2) is 0 Å². The molecule has 1 aliphatic heterocycles. The Hall–Kier alpha value is -0.740. The Bertz CT molecular complexity index is 464. The van der Waals surface area contributed by atoms with Crippen molar-refractivity contribution in [2.24, 2.45) is 5.92 Å². The molecule has 1 aromatic carbocycles. The van der Waals surface area contributed by atoms with Crippen LogP contribution in [0.1, 0.15) is 51.6 Å². The van der Waals surface area contributed by atoms with Crippen LogP contribution in [0.2, 0.25) is 0 Å². The number of rotatable bonds is 7. The maximum absolute atomic E-state index is 5.73. The lowest BCUT2D eigenvalue weighted by molar-refractivity contribution is 0.171. The maximum atomic E-state index is 5.73. The molecule has 3 nitrogen and oxygen atoms in total. The normalized spacial score (nSPS) is 16.6. The second-order valence-electron chi connectivity index (χ2n) is 5.77. The first-order chi connectivity index (χ1) is 10.2. The fourth-order valence-corrected chi connectivity index (χ4v) is 3.15. The first-order valence-corrected chi connectivity index (χ1v) is 8.77. The minimum Gasteiger partial charge on any atom is -0.486 e. The van der Waals surface area contributed by atoms with E-state index in [-0.39, 0.29) is 0 Å². The van der Waals surface area contributed by atoms with Crippen molar-refractivity contribution < 1.29 is 9.47 Å². The monoisotopic (exact) mass is 355 g/mol. The number of hydrogen-bond donors (Lipinski definition) is 1. The molecule has 0 amide bonds. The molecule has 0 aliphatic carbocycles. The van der Waals surface area contributed by atoms with Gasteiger partial charge >= 0.3 is 0 Å². The zero-order chi connectivity index (χ0) is 15.2. The van der Waals surface area contributed by atoms with Gasteiger partial charge in [0.15, 0.2) is 11.5 Å². The van der Waals surface area contributed by atoms with E-state index in [0.717, 1.165) is 35.4 Å². The largest absolute Gasteiger partial charge is 0.486 e. The number of fused-ring (bicyclic) bond motifs is 1. The molecule has 118 valence electrons. The van der Waals surface area contributed by atoms with Crippen LogP contribution >= 0.6 is 15.9 Å². The minimum absolute atomic E-state index is 0.352. The van der Waals surface area contributed by atoms with Crippen LogP contribution in [0, 0.1) is 5.92 Å². The summed E-state index contributed by atoms with van der Waals surface area (Å²) < 4.78 is 12.5. The lowest BCUT2D eigenvalue weighted by Gasteiger charge is -2.26. The molecule has 1 aromatic rings. The first-order valence-electron chi connectivity index (χ1n) is 7.98. The molecule has 1 aliphatic rings. The van der Waals surface area contributed by atoms with E-state index in [1.54, 1.807) is 0 Å². The number of benzene rings is 1. The molecule has 0 fully saturated rings. The Morgan fingerprint density at radius 3 is 2.48 bits per heavy atom. The Kier molecular flexibility index (Phi) is 6.37. The second-order valence-corrected chi connectivity index (χ2v) is 6.63. The maximum Gasteiger partial charge on any atom is 0.162 e. The van der Waals surface area contributed by atoms with Gasteiger partial charge in [0, 0.05) is 10.5 Å². The van der Waals surface area contributed by atoms with Crippen molar-refractivity contribution in [3.63, 3.8) is 0 Å². The lowest BCUT2D eigenvalue weighted by atomic mass is 9.94. The Balaban J connectivity index is 2.25. The number of ether oxygens (including phenoxy) is 2. The van der Waals surface area contributed by atoms with E-state index in [2.05, 4.69) is 48.1 Å². The summed E-state index contributed by atoms with van der Waals surface area (Å²) in [5.41, 5.74) is 1.27. The van der Waals surface area contributed by atoms with Gasteiger partial charge in [-0.3, -0.25) is 0 Å². The van der Waals surface area contributed by atoms with Gasteiger partial charge in [-0.15, -0.1) is 0 Å². The zero-order valence-electron chi connectivity index (χ0n) is 13.2. The van der Waals surface area contributed by atoms with Crippen LogP contribution in [0.25, 0.3) is 0 Å². The van der Waals surface area contributed by atoms with Crippen LogP contribution in [0.5, 0.6) is 11.5 Å². The zero-order valence-corrected chi connectivity index (χ0v) is 14.8. The first kappa shape index (κ1) is 16.6. The van der Waals surface area contributed by atoms with Gasteiger partial charge in [0.2, 0.25) is 0 Å². The summed E-state index contributed by atoms with van der Waals surface area (Å²) in [6, 6.07) is 4.53. The van der Waals surface area contributed by atoms with Crippen molar-refractivity contribution >= 4 is 15.9 Å². The van der Waals surface area contributed by atoms with Gasteiger partial charge in [-0.2, -0.15) is 0 Å². The molecule has 0 aromatic heterocycles. The minimum atomic E-state index is 0.352. The van der Waals surface area contributed by atoms with Crippen LogP contribution in [0.15, 0.2) is 16.6 Å².